The number of para-hydroxylation sites is 1. The second-order valence-corrected chi connectivity index (χ2v) is 6.32. The Balaban J connectivity index is 1.63. The average molecular weight is 327 g/mol. The molecule has 2 aliphatic rings. The molecule has 2 aliphatic heterocycles. The molecule has 2 aromatic rings. The molecule has 0 saturated carbocycles. The molecule has 0 radical (unpaired) electrons. The van der Waals surface area contributed by atoms with Gasteiger partial charge < -0.3 is 20.3 Å². The van der Waals surface area contributed by atoms with Gasteiger partial charge in [0.25, 0.3) is 0 Å². The monoisotopic (exact) mass is 327 g/mol. The number of carbonyl (C=O) groups is 3. The molecule has 24 heavy (non-hydrogen) atoms. The van der Waals surface area contributed by atoms with E-state index in [9.17, 15) is 19.5 Å². The number of fused-ring (bicyclic) bond motifs is 2. The zero-order chi connectivity index (χ0) is 16.8. The quantitative estimate of drug-likeness (QED) is 0.770. The summed E-state index contributed by atoms with van der Waals surface area (Å²) < 4.78 is 0. The van der Waals surface area contributed by atoms with Crippen molar-refractivity contribution in [3.63, 3.8) is 0 Å². The first kappa shape index (κ1) is 14.7. The molecular formula is C17H17N3O4. The number of H-pyrrole nitrogens is 1. The van der Waals surface area contributed by atoms with Crippen LogP contribution in [0, 0.1) is 0 Å². The summed E-state index contributed by atoms with van der Waals surface area (Å²) in [5.74, 6) is -1.62. The van der Waals surface area contributed by atoms with Crippen LogP contribution in [-0.2, 0) is 20.8 Å². The highest BCUT2D eigenvalue weighted by Crippen LogP contribution is 2.29. The maximum Gasteiger partial charge on any atom is 0.326 e. The summed E-state index contributed by atoms with van der Waals surface area (Å²) >= 11 is 0. The summed E-state index contributed by atoms with van der Waals surface area (Å²) in [6, 6.07) is 5.44. The lowest BCUT2D eigenvalue weighted by Crippen LogP contribution is -2.64. The number of carboxylic acid groups (broad SMARTS) is 1. The van der Waals surface area contributed by atoms with Crippen LogP contribution in [0.2, 0.25) is 0 Å². The first-order chi connectivity index (χ1) is 11.6. The highest BCUT2D eigenvalue weighted by Gasteiger charge is 2.50. The second-order valence-electron chi connectivity index (χ2n) is 6.32. The molecule has 0 unspecified atom stereocenters. The van der Waals surface area contributed by atoms with Gasteiger partial charge in [0.05, 0.1) is 0 Å². The zero-order valence-electron chi connectivity index (χ0n) is 12.9. The van der Waals surface area contributed by atoms with Crippen molar-refractivity contribution in [2.45, 2.75) is 37.4 Å². The van der Waals surface area contributed by atoms with Crippen LogP contribution >= 0.6 is 0 Å². The standard InChI is InChI=1S/C17H17N3O4/c21-15-13-5-6-14(17(23)24)20(13)16(22)12(19-15)7-9-8-18-11-4-2-1-3-10(9)11/h1-4,8,12-14,18H,5-7H2,(H,19,21)(H,23,24)/t12-,13+,14+/m0/s1. The molecule has 4 rings (SSSR count). The molecule has 124 valence electrons. The van der Waals surface area contributed by atoms with Crippen molar-refractivity contribution in [2.75, 3.05) is 0 Å². The summed E-state index contributed by atoms with van der Waals surface area (Å²) in [5, 5.41) is 13.1. The maximum absolute atomic E-state index is 12.8. The number of nitrogens with one attached hydrogen (secondary N) is 2. The van der Waals surface area contributed by atoms with E-state index in [1.807, 2.05) is 30.5 Å². The molecule has 3 heterocycles. The van der Waals surface area contributed by atoms with Crippen molar-refractivity contribution < 1.29 is 19.5 Å². The van der Waals surface area contributed by atoms with E-state index in [4.69, 9.17) is 0 Å². The molecule has 7 heteroatoms. The van der Waals surface area contributed by atoms with Crippen molar-refractivity contribution in [1.82, 2.24) is 15.2 Å². The normalized spacial score (nSPS) is 26.5. The molecule has 3 atom stereocenters. The number of amides is 2. The molecule has 1 aromatic carbocycles. The number of nitrogens with zero attached hydrogens (tertiary/aromatic N) is 1. The van der Waals surface area contributed by atoms with Gasteiger partial charge in [-0.3, -0.25) is 9.59 Å². The smallest absolute Gasteiger partial charge is 0.326 e. The van der Waals surface area contributed by atoms with Gasteiger partial charge in [0, 0.05) is 23.5 Å². The SMILES string of the molecule is O=C(O)[C@H]1CC[C@@H]2C(=O)N[C@@H](Cc3c[nH]c4ccccc34)C(=O)N12. The predicted molar refractivity (Wildman–Crippen MR) is 85.2 cm³/mol. The number of aliphatic carboxylic acids is 1. The largest absolute Gasteiger partial charge is 0.480 e. The van der Waals surface area contributed by atoms with Gasteiger partial charge in [0.2, 0.25) is 11.8 Å². The summed E-state index contributed by atoms with van der Waals surface area (Å²) in [5.41, 5.74) is 1.89. The Kier molecular flexibility index (Phi) is 3.30. The number of carboxylic acids is 1. The fraction of sp³-hybridized carbons (Fsp3) is 0.353. The Hall–Kier alpha value is -2.83. The van der Waals surface area contributed by atoms with Gasteiger partial charge in [-0.2, -0.15) is 0 Å². The maximum atomic E-state index is 12.8. The van der Waals surface area contributed by atoms with E-state index in [1.165, 1.54) is 4.90 Å². The molecule has 2 saturated heterocycles. The van der Waals surface area contributed by atoms with E-state index in [1.54, 1.807) is 0 Å². The highest BCUT2D eigenvalue weighted by molar-refractivity contribution is 6.00. The van der Waals surface area contributed by atoms with Crippen molar-refractivity contribution in [1.29, 1.82) is 0 Å². The molecule has 0 aliphatic carbocycles. The zero-order valence-corrected chi connectivity index (χ0v) is 12.9. The van der Waals surface area contributed by atoms with Gasteiger partial charge in [-0.15, -0.1) is 0 Å². The summed E-state index contributed by atoms with van der Waals surface area (Å²) in [4.78, 5) is 40.8. The molecule has 2 fully saturated rings. The minimum absolute atomic E-state index is 0.261. The van der Waals surface area contributed by atoms with Crippen molar-refractivity contribution in [2.24, 2.45) is 0 Å². The molecule has 7 nitrogen and oxygen atoms in total. The third kappa shape index (κ3) is 2.16. The number of benzene rings is 1. The van der Waals surface area contributed by atoms with Crippen LogP contribution < -0.4 is 5.32 Å². The third-order valence-corrected chi connectivity index (χ3v) is 4.94. The minimum Gasteiger partial charge on any atom is -0.480 e. The van der Waals surface area contributed by atoms with E-state index < -0.39 is 24.1 Å². The van der Waals surface area contributed by atoms with Gasteiger partial charge in [-0.25, -0.2) is 4.79 Å². The number of piperazine rings is 1. The van der Waals surface area contributed by atoms with Crippen molar-refractivity contribution in [3.05, 3.63) is 36.0 Å². The first-order valence-electron chi connectivity index (χ1n) is 7.96. The molecular weight excluding hydrogens is 310 g/mol. The lowest BCUT2D eigenvalue weighted by atomic mass is 10.0. The number of carbonyl (C=O) groups excluding carboxylic acids is 2. The van der Waals surface area contributed by atoms with Gasteiger partial charge in [0.1, 0.15) is 18.1 Å². The minimum atomic E-state index is -1.05. The number of rotatable bonds is 3. The van der Waals surface area contributed by atoms with Crippen LogP contribution in [-0.4, -0.2) is 50.9 Å². The predicted octanol–water partition coefficient (Wildman–Crippen LogP) is 0.653. The number of hydrogen-bond donors (Lipinski definition) is 3. The van der Waals surface area contributed by atoms with Crippen LogP contribution in [0.5, 0.6) is 0 Å². The topological polar surface area (TPSA) is 102 Å². The van der Waals surface area contributed by atoms with Crippen molar-refractivity contribution >= 4 is 28.7 Å². The van der Waals surface area contributed by atoms with E-state index in [-0.39, 0.29) is 11.8 Å². The van der Waals surface area contributed by atoms with Crippen molar-refractivity contribution in [3.8, 4) is 0 Å². The molecule has 0 spiro atoms. The Bertz CT molecular complexity index is 837. The van der Waals surface area contributed by atoms with E-state index >= 15 is 0 Å². The van der Waals surface area contributed by atoms with Gasteiger partial charge >= 0.3 is 5.97 Å². The second kappa shape index (κ2) is 5.36. The van der Waals surface area contributed by atoms with Gasteiger partial charge in [0.15, 0.2) is 0 Å². The fourth-order valence-corrected chi connectivity index (χ4v) is 3.79. The summed E-state index contributed by atoms with van der Waals surface area (Å²) in [6.45, 7) is 0. The Morgan fingerprint density at radius 2 is 2.04 bits per heavy atom. The fourth-order valence-electron chi connectivity index (χ4n) is 3.79. The van der Waals surface area contributed by atoms with Crippen LogP contribution in [0.1, 0.15) is 18.4 Å². The van der Waals surface area contributed by atoms with Crippen LogP contribution in [0.25, 0.3) is 10.9 Å². The Morgan fingerprint density at radius 3 is 2.83 bits per heavy atom. The highest BCUT2D eigenvalue weighted by atomic mass is 16.4. The molecule has 3 N–H and O–H groups in total. The van der Waals surface area contributed by atoms with Crippen LogP contribution in [0.15, 0.2) is 30.5 Å². The number of hydrogen-bond acceptors (Lipinski definition) is 3. The lowest BCUT2D eigenvalue weighted by molar-refractivity contribution is -0.156. The Morgan fingerprint density at radius 1 is 1.25 bits per heavy atom. The van der Waals surface area contributed by atoms with Gasteiger partial charge in [-0.05, 0) is 24.5 Å². The lowest BCUT2D eigenvalue weighted by Gasteiger charge is -2.36. The molecule has 1 aromatic heterocycles. The number of aromatic nitrogens is 1. The summed E-state index contributed by atoms with van der Waals surface area (Å²) in [7, 11) is 0. The van der Waals surface area contributed by atoms with E-state index in [0.717, 1.165) is 16.5 Å². The van der Waals surface area contributed by atoms with E-state index in [0.29, 0.717) is 19.3 Å². The summed E-state index contributed by atoms with van der Waals surface area (Å²) in [6.07, 6.45) is 2.88. The van der Waals surface area contributed by atoms with Crippen LogP contribution in [0.3, 0.4) is 0 Å². The third-order valence-electron chi connectivity index (χ3n) is 4.94. The van der Waals surface area contributed by atoms with Gasteiger partial charge in [-0.1, -0.05) is 18.2 Å². The Labute approximate surface area is 137 Å². The molecule has 0 bridgehead atoms. The number of aromatic amines is 1. The average Bonchev–Trinajstić information content (AvgIpc) is 3.17. The van der Waals surface area contributed by atoms with Crippen LogP contribution in [0.4, 0.5) is 0 Å². The van der Waals surface area contributed by atoms with E-state index in [2.05, 4.69) is 10.3 Å². The first-order valence-corrected chi connectivity index (χ1v) is 7.96. The molecule has 2 amide bonds.